The van der Waals surface area contributed by atoms with Gasteiger partial charge >= 0.3 is 6.09 Å². The number of methoxy groups -OCH3 is 1. The molecule has 11 heteroatoms. The van der Waals surface area contributed by atoms with E-state index < -0.39 is 5.60 Å². The number of hydrogen-bond donors (Lipinski definition) is 0. The number of benzene rings is 1. The monoisotopic (exact) mass is 567 g/mol. The molecule has 1 fully saturated rings. The van der Waals surface area contributed by atoms with E-state index in [0.29, 0.717) is 45.2 Å². The molecule has 4 rings (SSSR count). The standard InChI is InChI=1S/C30H45N7O4/c1-22(2)16-37(28(38)27-33-25-11-7-8-12-26(25)36(27)13-9-10-14-40-6)24-15-23(18-35-21-31-20-32-35)17-34(19-24)29(39)41-30(3,4)5/h7-8,11-12,20-24H,9-10,13-19H2,1-6H3. The second-order valence-electron chi connectivity index (χ2n) is 12.4. The Balaban J connectivity index is 1.66. The fourth-order valence-electron chi connectivity index (χ4n) is 5.50. The summed E-state index contributed by atoms with van der Waals surface area (Å²) in [4.78, 5) is 40.3. The molecule has 2 amide bonds. The smallest absolute Gasteiger partial charge is 0.410 e. The first-order chi connectivity index (χ1) is 19.6. The van der Waals surface area contributed by atoms with E-state index in [1.54, 1.807) is 23.0 Å². The van der Waals surface area contributed by atoms with Crippen molar-refractivity contribution in [1.29, 1.82) is 0 Å². The summed E-state index contributed by atoms with van der Waals surface area (Å²) in [5.41, 5.74) is 1.13. The van der Waals surface area contributed by atoms with Gasteiger partial charge in [0, 0.05) is 46.4 Å². The summed E-state index contributed by atoms with van der Waals surface area (Å²) in [5, 5.41) is 4.29. The fourth-order valence-corrected chi connectivity index (χ4v) is 5.50. The number of ether oxygens (including phenoxy) is 2. The molecule has 2 unspecified atom stereocenters. The van der Waals surface area contributed by atoms with Crippen LogP contribution in [-0.2, 0) is 22.6 Å². The number of aromatic nitrogens is 5. The second kappa shape index (κ2) is 13.5. The van der Waals surface area contributed by atoms with Gasteiger partial charge in [-0.1, -0.05) is 26.0 Å². The summed E-state index contributed by atoms with van der Waals surface area (Å²) in [6, 6.07) is 7.68. The summed E-state index contributed by atoms with van der Waals surface area (Å²) in [5.74, 6) is 0.617. The Hall–Kier alpha value is -3.47. The lowest BCUT2D eigenvalue weighted by Gasteiger charge is -2.43. The molecule has 0 radical (unpaired) electrons. The number of piperidine rings is 1. The van der Waals surface area contributed by atoms with Gasteiger partial charge in [0.05, 0.1) is 17.1 Å². The molecular weight excluding hydrogens is 522 g/mol. The molecule has 11 nitrogen and oxygen atoms in total. The number of rotatable bonds is 11. The SMILES string of the molecule is COCCCCn1c(C(=O)N(CC(C)C)C2CC(Cn3cncn3)CN(C(=O)OC(C)(C)C)C2)nc2ccccc21. The van der Waals surface area contributed by atoms with Crippen LogP contribution in [0.5, 0.6) is 0 Å². The van der Waals surface area contributed by atoms with Crippen LogP contribution in [-0.4, -0.2) is 91.1 Å². The zero-order valence-corrected chi connectivity index (χ0v) is 25.3. The van der Waals surface area contributed by atoms with E-state index in [1.807, 2.05) is 54.5 Å². The topological polar surface area (TPSA) is 108 Å². The van der Waals surface area contributed by atoms with E-state index in [-0.39, 0.29) is 29.9 Å². The molecule has 1 aromatic carbocycles. The maximum Gasteiger partial charge on any atom is 0.410 e. The Bertz CT molecular complexity index is 1280. The number of para-hydroxylation sites is 2. The molecule has 0 aliphatic carbocycles. The summed E-state index contributed by atoms with van der Waals surface area (Å²) >= 11 is 0. The van der Waals surface area contributed by atoms with Gasteiger partial charge < -0.3 is 23.8 Å². The number of nitrogens with zero attached hydrogens (tertiary/aromatic N) is 7. The van der Waals surface area contributed by atoms with Crippen LogP contribution in [0.4, 0.5) is 4.79 Å². The largest absolute Gasteiger partial charge is 0.444 e. The van der Waals surface area contributed by atoms with Crippen LogP contribution in [0.1, 0.15) is 64.5 Å². The predicted octanol–water partition coefficient (Wildman–Crippen LogP) is 4.48. The van der Waals surface area contributed by atoms with Crippen molar-refractivity contribution in [2.45, 2.75) is 78.6 Å². The van der Waals surface area contributed by atoms with Crippen molar-refractivity contribution in [1.82, 2.24) is 34.1 Å². The molecule has 0 bridgehead atoms. The van der Waals surface area contributed by atoms with E-state index in [0.717, 1.165) is 30.3 Å². The number of hydrogen-bond acceptors (Lipinski definition) is 7. The van der Waals surface area contributed by atoms with Gasteiger partial charge in [-0.05, 0) is 64.0 Å². The van der Waals surface area contributed by atoms with Gasteiger partial charge in [0.15, 0.2) is 5.82 Å². The predicted molar refractivity (Wildman–Crippen MR) is 156 cm³/mol. The zero-order chi connectivity index (χ0) is 29.6. The quantitative estimate of drug-likeness (QED) is 0.315. The van der Waals surface area contributed by atoms with E-state index >= 15 is 0 Å². The van der Waals surface area contributed by atoms with Gasteiger partial charge in [0.2, 0.25) is 0 Å². The van der Waals surface area contributed by atoms with Crippen LogP contribution in [0.25, 0.3) is 11.0 Å². The van der Waals surface area contributed by atoms with Crippen molar-refractivity contribution in [2.75, 3.05) is 33.4 Å². The van der Waals surface area contributed by atoms with Crippen molar-refractivity contribution in [3.8, 4) is 0 Å². The van der Waals surface area contributed by atoms with Crippen LogP contribution in [0.15, 0.2) is 36.9 Å². The average Bonchev–Trinajstić information content (AvgIpc) is 3.56. The van der Waals surface area contributed by atoms with Crippen LogP contribution in [0.2, 0.25) is 0 Å². The highest BCUT2D eigenvalue weighted by Gasteiger charge is 2.38. The van der Waals surface area contributed by atoms with Crippen molar-refractivity contribution < 1.29 is 19.1 Å². The normalized spacial score (nSPS) is 17.8. The van der Waals surface area contributed by atoms with E-state index in [2.05, 4.69) is 23.9 Å². The molecule has 3 heterocycles. The molecule has 0 N–H and O–H groups in total. The van der Waals surface area contributed by atoms with E-state index in [9.17, 15) is 9.59 Å². The molecule has 3 aromatic rings. The minimum absolute atomic E-state index is 0.0679. The van der Waals surface area contributed by atoms with Gasteiger partial charge in [0.25, 0.3) is 5.91 Å². The number of carbonyl (C=O) groups is 2. The number of likely N-dealkylation sites (tertiary alicyclic amines) is 1. The first-order valence-corrected chi connectivity index (χ1v) is 14.6. The van der Waals surface area contributed by atoms with Crippen LogP contribution >= 0.6 is 0 Å². The van der Waals surface area contributed by atoms with Gasteiger partial charge in [-0.25, -0.2) is 14.8 Å². The molecule has 2 atom stereocenters. The molecule has 1 aliphatic heterocycles. The first kappa shape index (κ1) is 30.5. The highest BCUT2D eigenvalue weighted by Crippen LogP contribution is 2.27. The number of imidazole rings is 1. The van der Waals surface area contributed by atoms with Gasteiger partial charge in [0.1, 0.15) is 18.3 Å². The zero-order valence-electron chi connectivity index (χ0n) is 25.3. The molecule has 0 saturated carbocycles. The molecule has 41 heavy (non-hydrogen) atoms. The summed E-state index contributed by atoms with van der Waals surface area (Å²) in [6.07, 6.45) is 5.32. The van der Waals surface area contributed by atoms with Crippen molar-refractivity contribution >= 4 is 23.0 Å². The van der Waals surface area contributed by atoms with Crippen LogP contribution in [0, 0.1) is 11.8 Å². The highest BCUT2D eigenvalue weighted by molar-refractivity contribution is 5.95. The lowest BCUT2D eigenvalue weighted by Crippen LogP contribution is -2.56. The van der Waals surface area contributed by atoms with Gasteiger partial charge in [-0.15, -0.1) is 0 Å². The fraction of sp³-hybridized carbons (Fsp3) is 0.633. The van der Waals surface area contributed by atoms with Gasteiger partial charge in [-0.2, -0.15) is 5.10 Å². The number of unbranched alkanes of at least 4 members (excludes halogenated alkanes) is 1. The van der Waals surface area contributed by atoms with Crippen molar-refractivity contribution in [3.05, 3.63) is 42.7 Å². The number of aryl methyl sites for hydroxylation is 1. The molecule has 1 saturated heterocycles. The summed E-state index contributed by atoms with van der Waals surface area (Å²) in [6.45, 7) is 13.2. The van der Waals surface area contributed by atoms with E-state index in [1.165, 1.54) is 6.33 Å². The Morgan fingerprint density at radius 3 is 2.61 bits per heavy atom. The third kappa shape index (κ3) is 8.06. The molecular formula is C30H45N7O4. The molecule has 224 valence electrons. The average molecular weight is 568 g/mol. The Morgan fingerprint density at radius 1 is 1.15 bits per heavy atom. The summed E-state index contributed by atoms with van der Waals surface area (Å²) < 4.78 is 14.8. The Kier molecular flexibility index (Phi) is 10.0. The minimum atomic E-state index is -0.619. The summed E-state index contributed by atoms with van der Waals surface area (Å²) in [7, 11) is 1.70. The van der Waals surface area contributed by atoms with Crippen molar-refractivity contribution in [2.24, 2.45) is 11.8 Å². The lowest BCUT2D eigenvalue weighted by molar-refractivity contribution is -0.000981. The maximum absolute atomic E-state index is 14.4. The van der Waals surface area contributed by atoms with Crippen LogP contribution < -0.4 is 0 Å². The van der Waals surface area contributed by atoms with E-state index in [4.69, 9.17) is 14.5 Å². The van der Waals surface area contributed by atoms with Crippen molar-refractivity contribution in [3.63, 3.8) is 0 Å². The Morgan fingerprint density at radius 2 is 1.93 bits per heavy atom. The molecule has 2 aromatic heterocycles. The first-order valence-electron chi connectivity index (χ1n) is 14.6. The number of amides is 2. The molecule has 1 aliphatic rings. The lowest BCUT2D eigenvalue weighted by atomic mass is 9.92. The highest BCUT2D eigenvalue weighted by atomic mass is 16.6. The minimum Gasteiger partial charge on any atom is -0.444 e. The number of fused-ring (bicyclic) bond motifs is 1. The molecule has 0 spiro atoms. The van der Waals surface area contributed by atoms with Crippen LogP contribution in [0.3, 0.4) is 0 Å². The number of carbonyl (C=O) groups excluding carboxylic acids is 2. The maximum atomic E-state index is 14.4. The Labute approximate surface area is 242 Å². The second-order valence-corrected chi connectivity index (χ2v) is 12.4. The van der Waals surface area contributed by atoms with Gasteiger partial charge in [-0.3, -0.25) is 9.48 Å². The third-order valence-corrected chi connectivity index (χ3v) is 7.17. The third-order valence-electron chi connectivity index (χ3n) is 7.17.